The van der Waals surface area contributed by atoms with E-state index in [1.807, 2.05) is 0 Å². The zero-order valence-corrected chi connectivity index (χ0v) is 9.98. The van der Waals surface area contributed by atoms with Gasteiger partial charge in [0.25, 0.3) is 0 Å². The molecule has 6 nitrogen and oxygen atoms in total. The number of nitrogens with one attached hydrogen (secondary N) is 1. The fourth-order valence-electron chi connectivity index (χ4n) is 1.73. The minimum absolute atomic E-state index is 0.257. The largest absolute Gasteiger partial charge is 0.352 e. The molecule has 2 amide bonds. The van der Waals surface area contributed by atoms with Crippen molar-refractivity contribution in [1.82, 2.24) is 15.5 Å². The first-order chi connectivity index (χ1) is 8.20. The van der Waals surface area contributed by atoms with Gasteiger partial charge in [-0.3, -0.25) is 0 Å². The molecule has 6 heteroatoms. The fourth-order valence-corrected chi connectivity index (χ4v) is 1.73. The topological polar surface area (TPSA) is 94.0 Å². The number of aromatic nitrogens is 2. The predicted octanol–water partition coefficient (Wildman–Crippen LogP) is 1.85. The van der Waals surface area contributed by atoms with Crippen molar-refractivity contribution in [3.63, 3.8) is 0 Å². The van der Waals surface area contributed by atoms with Gasteiger partial charge in [-0.15, -0.1) is 0 Å². The number of nitrogens with zero attached hydrogens (tertiary/aromatic N) is 2. The molecule has 1 fully saturated rings. The summed E-state index contributed by atoms with van der Waals surface area (Å²) in [5.41, 5.74) is 5.14. The molecule has 94 valence electrons. The van der Waals surface area contributed by atoms with Crippen molar-refractivity contribution >= 4 is 6.03 Å². The van der Waals surface area contributed by atoms with Crippen molar-refractivity contribution in [2.45, 2.75) is 51.0 Å². The van der Waals surface area contributed by atoms with Gasteiger partial charge in [-0.1, -0.05) is 24.9 Å². The third-order valence-corrected chi connectivity index (χ3v) is 2.86. The van der Waals surface area contributed by atoms with E-state index in [1.54, 1.807) is 0 Å². The van der Waals surface area contributed by atoms with E-state index >= 15 is 0 Å². The highest BCUT2D eigenvalue weighted by atomic mass is 16.5. The zero-order chi connectivity index (χ0) is 12.3. The Morgan fingerprint density at radius 3 is 3.00 bits per heavy atom. The van der Waals surface area contributed by atoms with Crippen LogP contribution in [0, 0.1) is 0 Å². The number of hydrogen-bond acceptors (Lipinski definition) is 4. The van der Waals surface area contributed by atoms with Crippen molar-refractivity contribution in [2.24, 2.45) is 5.73 Å². The van der Waals surface area contributed by atoms with Crippen LogP contribution in [0.5, 0.6) is 0 Å². The Hall–Kier alpha value is -1.59. The van der Waals surface area contributed by atoms with Crippen molar-refractivity contribution in [2.75, 3.05) is 0 Å². The first kappa shape index (κ1) is 11.9. The molecule has 0 unspecified atom stereocenters. The Bertz CT molecular complexity index is 387. The van der Waals surface area contributed by atoms with Crippen LogP contribution in [-0.2, 0) is 0 Å². The zero-order valence-electron chi connectivity index (χ0n) is 9.98. The number of rotatable bonds is 6. The minimum Gasteiger partial charge on any atom is -0.352 e. The second-order valence-corrected chi connectivity index (χ2v) is 4.47. The predicted molar refractivity (Wildman–Crippen MR) is 61.3 cm³/mol. The molecular weight excluding hydrogens is 220 g/mol. The molecule has 1 aromatic rings. The lowest BCUT2D eigenvalue weighted by molar-refractivity contribution is 0.238. The number of hydrogen-bond donors (Lipinski definition) is 2. The summed E-state index contributed by atoms with van der Waals surface area (Å²) >= 11 is 0. The van der Waals surface area contributed by atoms with Crippen LogP contribution in [0.2, 0.25) is 0 Å². The van der Waals surface area contributed by atoms with Crippen molar-refractivity contribution < 1.29 is 9.32 Å². The van der Waals surface area contributed by atoms with Gasteiger partial charge in [-0.2, -0.15) is 4.98 Å². The second-order valence-electron chi connectivity index (χ2n) is 4.47. The van der Waals surface area contributed by atoms with Crippen LogP contribution in [0.4, 0.5) is 4.79 Å². The van der Waals surface area contributed by atoms with Crippen LogP contribution >= 0.6 is 0 Å². The van der Waals surface area contributed by atoms with Gasteiger partial charge >= 0.3 is 6.03 Å². The van der Waals surface area contributed by atoms with E-state index in [-0.39, 0.29) is 6.04 Å². The molecule has 0 radical (unpaired) electrons. The molecule has 1 saturated carbocycles. The van der Waals surface area contributed by atoms with Crippen molar-refractivity contribution in [3.8, 4) is 0 Å². The van der Waals surface area contributed by atoms with Crippen LogP contribution in [0.1, 0.15) is 62.7 Å². The molecule has 1 aromatic heterocycles. The smallest absolute Gasteiger partial charge is 0.312 e. The van der Waals surface area contributed by atoms with Gasteiger partial charge in [0, 0.05) is 5.92 Å². The highest BCUT2D eigenvalue weighted by Crippen LogP contribution is 2.38. The Kier molecular flexibility index (Phi) is 3.61. The van der Waals surface area contributed by atoms with E-state index in [0.717, 1.165) is 37.9 Å². The van der Waals surface area contributed by atoms with Crippen LogP contribution in [0.15, 0.2) is 4.52 Å². The second kappa shape index (κ2) is 5.16. The van der Waals surface area contributed by atoms with Gasteiger partial charge in [0.1, 0.15) is 6.04 Å². The van der Waals surface area contributed by atoms with E-state index in [4.69, 9.17) is 10.3 Å². The molecule has 0 bridgehead atoms. The summed E-state index contributed by atoms with van der Waals surface area (Å²) in [6.45, 7) is 2.09. The van der Waals surface area contributed by atoms with Crippen LogP contribution in [-0.4, -0.2) is 16.2 Å². The van der Waals surface area contributed by atoms with Crippen molar-refractivity contribution in [1.29, 1.82) is 0 Å². The molecule has 1 atom stereocenters. The maximum Gasteiger partial charge on any atom is 0.312 e. The average molecular weight is 238 g/mol. The number of carbonyl (C=O) groups excluding carboxylic acids is 1. The van der Waals surface area contributed by atoms with Crippen LogP contribution in [0.3, 0.4) is 0 Å². The molecule has 17 heavy (non-hydrogen) atoms. The van der Waals surface area contributed by atoms with Crippen LogP contribution in [0.25, 0.3) is 0 Å². The third-order valence-electron chi connectivity index (χ3n) is 2.86. The molecular formula is C11H18N4O2. The molecule has 0 spiro atoms. The summed E-state index contributed by atoms with van der Waals surface area (Å²) in [6, 6.07) is -0.815. The number of nitrogens with two attached hydrogens (primary N) is 1. The number of unbranched alkanes of at least 4 members (excludes halogenated alkanes) is 1. The molecule has 1 aliphatic rings. The molecule has 0 saturated heterocycles. The van der Waals surface area contributed by atoms with Crippen LogP contribution < -0.4 is 11.1 Å². The van der Waals surface area contributed by atoms with E-state index in [9.17, 15) is 4.79 Å². The van der Waals surface area contributed by atoms with Gasteiger partial charge in [0.15, 0.2) is 5.82 Å². The average Bonchev–Trinajstić information content (AvgIpc) is 3.02. The van der Waals surface area contributed by atoms with Gasteiger partial charge in [0.2, 0.25) is 5.89 Å². The van der Waals surface area contributed by atoms with Gasteiger partial charge < -0.3 is 15.6 Å². The fraction of sp³-hybridized carbons (Fsp3) is 0.727. The normalized spacial score (nSPS) is 16.8. The van der Waals surface area contributed by atoms with Gasteiger partial charge in [-0.25, -0.2) is 4.79 Å². The highest BCUT2D eigenvalue weighted by Gasteiger charge is 2.30. The summed E-state index contributed by atoms with van der Waals surface area (Å²) in [7, 11) is 0. The monoisotopic (exact) mass is 238 g/mol. The lowest BCUT2D eigenvalue weighted by atomic mass is 10.1. The SMILES string of the molecule is CCCC[C@@H](NC(N)=O)c1nc(C2CC2)no1. The minimum atomic E-state index is -0.558. The Labute approximate surface area is 99.9 Å². The quantitative estimate of drug-likeness (QED) is 0.790. The summed E-state index contributed by atoms with van der Waals surface area (Å²) in [5, 5.41) is 6.58. The molecule has 2 rings (SSSR count). The third kappa shape index (κ3) is 3.18. The van der Waals surface area contributed by atoms with Gasteiger partial charge in [-0.05, 0) is 19.3 Å². The number of carbonyl (C=O) groups is 1. The first-order valence-corrected chi connectivity index (χ1v) is 6.10. The van der Waals surface area contributed by atoms with E-state index in [1.165, 1.54) is 0 Å². The molecule has 0 aliphatic heterocycles. The Morgan fingerprint density at radius 1 is 1.65 bits per heavy atom. The molecule has 1 aliphatic carbocycles. The summed E-state index contributed by atoms with van der Waals surface area (Å²) in [6.07, 6.45) is 5.04. The highest BCUT2D eigenvalue weighted by molar-refractivity contribution is 5.72. The van der Waals surface area contributed by atoms with E-state index < -0.39 is 6.03 Å². The summed E-state index contributed by atoms with van der Waals surface area (Å²) in [5.74, 6) is 1.68. The summed E-state index contributed by atoms with van der Waals surface area (Å²) in [4.78, 5) is 15.3. The molecule has 1 heterocycles. The van der Waals surface area contributed by atoms with E-state index in [0.29, 0.717) is 11.8 Å². The molecule has 0 aromatic carbocycles. The standard InChI is InChI=1S/C11H18N4O2/c1-2-3-4-8(13-11(12)16)10-14-9(15-17-10)7-5-6-7/h7-8H,2-6H2,1H3,(H3,12,13,16)/t8-/m1/s1. The first-order valence-electron chi connectivity index (χ1n) is 6.10. The number of amides is 2. The maximum absolute atomic E-state index is 10.9. The summed E-state index contributed by atoms with van der Waals surface area (Å²) < 4.78 is 5.19. The lowest BCUT2D eigenvalue weighted by Gasteiger charge is -2.12. The van der Waals surface area contributed by atoms with Crippen molar-refractivity contribution in [3.05, 3.63) is 11.7 Å². The number of urea groups is 1. The number of primary amides is 1. The van der Waals surface area contributed by atoms with E-state index in [2.05, 4.69) is 22.4 Å². The maximum atomic E-state index is 10.9. The Morgan fingerprint density at radius 2 is 2.41 bits per heavy atom. The lowest BCUT2D eigenvalue weighted by Crippen LogP contribution is -2.33. The Balaban J connectivity index is 2.03. The van der Waals surface area contributed by atoms with Gasteiger partial charge in [0.05, 0.1) is 0 Å². The molecule has 3 N–H and O–H groups in total.